The van der Waals surface area contributed by atoms with Gasteiger partial charge in [-0.2, -0.15) is 13.2 Å². The molecule has 0 aliphatic rings. The molecule has 0 atom stereocenters. The van der Waals surface area contributed by atoms with E-state index in [4.69, 9.17) is 0 Å². The van der Waals surface area contributed by atoms with Gasteiger partial charge in [0, 0.05) is 6.54 Å². The van der Waals surface area contributed by atoms with E-state index in [0.29, 0.717) is 6.42 Å². The van der Waals surface area contributed by atoms with Gasteiger partial charge in [0.2, 0.25) is 0 Å². The van der Waals surface area contributed by atoms with Gasteiger partial charge in [-0.15, -0.1) is 5.10 Å². The van der Waals surface area contributed by atoms with Gasteiger partial charge in [-0.25, -0.2) is 9.07 Å². The van der Waals surface area contributed by atoms with Gasteiger partial charge in [0.05, 0.1) is 17.4 Å². The molecule has 1 aromatic heterocycles. The van der Waals surface area contributed by atoms with Crippen molar-refractivity contribution in [1.29, 1.82) is 0 Å². The van der Waals surface area contributed by atoms with Gasteiger partial charge in [-0.05, 0) is 36.2 Å². The van der Waals surface area contributed by atoms with E-state index < -0.39 is 17.6 Å². The molecule has 140 valence electrons. The molecule has 3 rings (SSSR count). The van der Waals surface area contributed by atoms with Crippen molar-refractivity contribution in [1.82, 2.24) is 20.3 Å². The van der Waals surface area contributed by atoms with Crippen molar-refractivity contribution in [3.63, 3.8) is 0 Å². The topological polar surface area (TPSA) is 59.8 Å². The van der Waals surface area contributed by atoms with Crippen LogP contribution in [0.1, 0.15) is 21.6 Å². The molecule has 5 nitrogen and oxygen atoms in total. The Kier molecular flexibility index (Phi) is 5.20. The Labute approximate surface area is 151 Å². The molecule has 0 spiro atoms. The molecule has 1 amide bonds. The van der Waals surface area contributed by atoms with E-state index in [0.717, 1.165) is 22.5 Å². The van der Waals surface area contributed by atoms with Crippen molar-refractivity contribution >= 4 is 5.91 Å². The molecule has 0 saturated carbocycles. The van der Waals surface area contributed by atoms with E-state index >= 15 is 0 Å². The molecular weight excluding hydrogens is 364 g/mol. The van der Waals surface area contributed by atoms with Gasteiger partial charge < -0.3 is 5.32 Å². The zero-order valence-corrected chi connectivity index (χ0v) is 13.9. The van der Waals surface area contributed by atoms with Gasteiger partial charge in [0.15, 0.2) is 5.69 Å². The van der Waals surface area contributed by atoms with Crippen molar-refractivity contribution in [3.8, 4) is 5.69 Å². The number of aromatic nitrogens is 3. The second-order valence-corrected chi connectivity index (χ2v) is 5.70. The van der Waals surface area contributed by atoms with Gasteiger partial charge in [-0.3, -0.25) is 4.79 Å². The maximum atomic E-state index is 13.1. The number of nitrogens with one attached hydrogen (secondary N) is 1. The zero-order chi connectivity index (χ0) is 19.4. The predicted octanol–water partition coefficient (Wildman–Crippen LogP) is 3.40. The predicted molar refractivity (Wildman–Crippen MR) is 88.8 cm³/mol. The summed E-state index contributed by atoms with van der Waals surface area (Å²) in [6.45, 7) is 0.260. The first-order chi connectivity index (χ1) is 12.8. The second-order valence-electron chi connectivity index (χ2n) is 5.70. The third kappa shape index (κ3) is 4.49. The first kappa shape index (κ1) is 18.6. The van der Waals surface area contributed by atoms with Crippen LogP contribution in [0.3, 0.4) is 0 Å². The number of halogens is 4. The summed E-state index contributed by atoms with van der Waals surface area (Å²) in [6.07, 6.45) is -2.95. The molecule has 0 radical (unpaired) electrons. The van der Waals surface area contributed by atoms with Crippen LogP contribution in [0.25, 0.3) is 5.69 Å². The lowest BCUT2D eigenvalue weighted by Crippen LogP contribution is -2.26. The number of hydrogen-bond acceptors (Lipinski definition) is 3. The lowest BCUT2D eigenvalue weighted by Gasteiger charge is -2.11. The van der Waals surface area contributed by atoms with E-state index in [1.807, 2.05) is 0 Å². The van der Waals surface area contributed by atoms with E-state index in [1.54, 1.807) is 12.1 Å². The third-order valence-electron chi connectivity index (χ3n) is 3.79. The number of amides is 1. The number of nitrogens with zero attached hydrogens (tertiary/aromatic N) is 3. The van der Waals surface area contributed by atoms with Crippen LogP contribution in [0.5, 0.6) is 0 Å². The summed E-state index contributed by atoms with van der Waals surface area (Å²) in [5, 5.41) is 9.86. The van der Waals surface area contributed by atoms with Crippen LogP contribution >= 0.6 is 0 Å². The Hall–Kier alpha value is -3.23. The highest BCUT2D eigenvalue weighted by Crippen LogP contribution is 2.33. The Balaban J connectivity index is 1.67. The minimum atomic E-state index is -4.56. The van der Waals surface area contributed by atoms with Crippen molar-refractivity contribution in [2.75, 3.05) is 6.54 Å². The van der Waals surface area contributed by atoms with Gasteiger partial charge in [-0.1, -0.05) is 29.5 Å². The second kappa shape index (κ2) is 7.56. The largest absolute Gasteiger partial charge is 0.418 e. The number of alkyl halides is 3. The molecule has 0 fully saturated rings. The Morgan fingerprint density at radius 1 is 1.07 bits per heavy atom. The average Bonchev–Trinajstić information content (AvgIpc) is 3.13. The highest BCUT2D eigenvalue weighted by atomic mass is 19.4. The summed E-state index contributed by atoms with van der Waals surface area (Å²) in [5.74, 6) is -0.911. The Bertz CT molecular complexity index is 935. The van der Waals surface area contributed by atoms with E-state index in [-0.39, 0.29) is 23.7 Å². The molecule has 0 aliphatic carbocycles. The van der Waals surface area contributed by atoms with Crippen molar-refractivity contribution in [3.05, 3.63) is 77.4 Å². The molecule has 0 saturated heterocycles. The summed E-state index contributed by atoms with van der Waals surface area (Å²) >= 11 is 0. The fourth-order valence-electron chi connectivity index (χ4n) is 2.46. The van der Waals surface area contributed by atoms with Crippen LogP contribution in [0.4, 0.5) is 17.6 Å². The Morgan fingerprint density at radius 3 is 2.48 bits per heavy atom. The normalized spacial score (nSPS) is 11.4. The number of para-hydroxylation sites is 1. The number of carbonyl (C=O) groups excluding carboxylic acids is 1. The zero-order valence-electron chi connectivity index (χ0n) is 13.9. The Morgan fingerprint density at radius 2 is 1.78 bits per heavy atom. The quantitative estimate of drug-likeness (QED) is 0.693. The SMILES string of the molecule is O=C(NCCc1ccc(F)cc1)c1cn(-c2ccccc2C(F)(F)F)nn1. The molecule has 2 aromatic carbocycles. The minimum Gasteiger partial charge on any atom is -0.350 e. The molecule has 9 heteroatoms. The highest BCUT2D eigenvalue weighted by molar-refractivity contribution is 5.91. The highest BCUT2D eigenvalue weighted by Gasteiger charge is 2.34. The molecule has 3 aromatic rings. The molecule has 0 unspecified atom stereocenters. The monoisotopic (exact) mass is 378 g/mol. The maximum absolute atomic E-state index is 13.1. The van der Waals surface area contributed by atoms with Gasteiger partial charge >= 0.3 is 6.18 Å². The summed E-state index contributed by atoms with van der Waals surface area (Å²) in [4.78, 5) is 12.1. The van der Waals surface area contributed by atoms with Crippen LogP contribution in [-0.2, 0) is 12.6 Å². The molecule has 1 heterocycles. The van der Waals surface area contributed by atoms with Crippen LogP contribution in [0, 0.1) is 5.82 Å². The lowest BCUT2D eigenvalue weighted by molar-refractivity contribution is -0.137. The number of carbonyl (C=O) groups is 1. The molecule has 0 aliphatic heterocycles. The maximum Gasteiger partial charge on any atom is 0.418 e. The number of benzene rings is 2. The minimum absolute atomic E-state index is 0.105. The van der Waals surface area contributed by atoms with Crippen molar-refractivity contribution in [2.24, 2.45) is 0 Å². The van der Waals surface area contributed by atoms with Crippen molar-refractivity contribution < 1.29 is 22.4 Å². The van der Waals surface area contributed by atoms with Crippen LogP contribution in [-0.4, -0.2) is 27.4 Å². The molecular formula is C18H14F4N4O. The average molecular weight is 378 g/mol. The smallest absolute Gasteiger partial charge is 0.350 e. The van der Waals surface area contributed by atoms with E-state index in [2.05, 4.69) is 15.6 Å². The summed E-state index contributed by atoms with van der Waals surface area (Å²) in [6, 6.07) is 10.7. The third-order valence-corrected chi connectivity index (χ3v) is 3.79. The first-order valence-corrected chi connectivity index (χ1v) is 7.96. The molecule has 27 heavy (non-hydrogen) atoms. The fourth-order valence-corrected chi connectivity index (χ4v) is 2.46. The van der Waals surface area contributed by atoms with E-state index in [1.165, 1.54) is 30.3 Å². The summed E-state index contributed by atoms with van der Waals surface area (Å²) < 4.78 is 53.0. The standard InChI is InChI=1S/C18H14F4N4O/c19-13-7-5-12(6-8-13)9-10-23-17(27)15-11-26(25-24-15)16-4-2-1-3-14(16)18(20,21)22/h1-8,11H,9-10H2,(H,23,27). The molecule has 1 N–H and O–H groups in total. The van der Waals surface area contributed by atoms with Crippen LogP contribution < -0.4 is 5.32 Å². The fraction of sp³-hybridized carbons (Fsp3) is 0.167. The van der Waals surface area contributed by atoms with Gasteiger partial charge in [0.1, 0.15) is 5.82 Å². The van der Waals surface area contributed by atoms with Gasteiger partial charge in [0.25, 0.3) is 5.91 Å². The lowest BCUT2D eigenvalue weighted by atomic mass is 10.1. The summed E-state index contributed by atoms with van der Waals surface area (Å²) in [5.41, 5.74) is -0.369. The molecule has 0 bridgehead atoms. The van der Waals surface area contributed by atoms with E-state index in [9.17, 15) is 22.4 Å². The van der Waals surface area contributed by atoms with Crippen LogP contribution in [0.15, 0.2) is 54.7 Å². The number of hydrogen-bond donors (Lipinski definition) is 1. The first-order valence-electron chi connectivity index (χ1n) is 7.96. The number of rotatable bonds is 5. The van der Waals surface area contributed by atoms with Crippen molar-refractivity contribution in [2.45, 2.75) is 12.6 Å². The van der Waals surface area contributed by atoms with Crippen LogP contribution in [0.2, 0.25) is 0 Å². The summed E-state index contributed by atoms with van der Waals surface area (Å²) in [7, 11) is 0.